The van der Waals surface area contributed by atoms with Gasteiger partial charge in [0.25, 0.3) is 0 Å². The summed E-state index contributed by atoms with van der Waals surface area (Å²) in [6.45, 7) is 4.15. The van der Waals surface area contributed by atoms with E-state index in [1.54, 1.807) is 0 Å². The molecular weight excluding hydrogens is 248 g/mol. The molecule has 4 heteroatoms. The van der Waals surface area contributed by atoms with Crippen LogP contribution in [0.2, 0.25) is 0 Å². The highest BCUT2D eigenvalue weighted by Crippen LogP contribution is 2.21. The van der Waals surface area contributed by atoms with E-state index in [0.717, 1.165) is 13.1 Å². The first-order valence-corrected chi connectivity index (χ1v) is 7.05. The summed E-state index contributed by atoms with van der Waals surface area (Å²) in [6, 6.07) is 8.56. The molecule has 0 atom stereocenters. The maximum atomic E-state index is 2.37. The van der Waals surface area contributed by atoms with E-state index < -0.39 is 0 Å². The fourth-order valence-corrected chi connectivity index (χ4v) is 2.68. The van der Waals surface area contributed by atoms with Crippen LogP contribution >= 0.6 is 0 Å². The monoisotopic (exact) mass is 270 g/mol. The molecule has 1 aliphatic rings. The van der Waals surface area contributed by atoms with Gasteiger partial charge in [0.05, 0.1) is 19.3 Å². The summed E-state index contributed by atoms with van der Waals surface area (Å²) in [5.41, 5.74) is 2.67. The summed E-state index contributed by atoms with van der Waals surface area (Å²) in [5.74, 6) is 0. The second-order valence-electron chi connectivity index (χ2n) is 5.50. The van der Waals surface area contributed by atoms with E-state index in [4.69, 9.17) is 0 Å². The van der Waals surface area contributed by atoms with E-state index in [1.165, 1.54) is 11.4 Å². The molecule has 0 spiro atoms. The Bertz CT molecular complexity index is 555. The fraction of sp³-hybridized carbons (Fsp3) is 0.375. The van der Waals surface area contributed by atoms with Crippen LogP contribution in [0.5, 0.6) is 0 Å². The smallest absolute Gasteiger partial charge is 0.0985 e. The van der Waals surface area contributed by atoms with Crippen molar-refractivity contribution in [2.24, 2.45) is 14.1 Å². The first kappa shape index (κ1) is 12.9. The largest absolute Gasteiger partial charge is 0.353 e. The summed E-state index contributed by atoms with van der Waals surface area (Å²) in [7, 11) is 4.20. The highest BCUT2D eigenvalue weighted by molar-refractivity contribution is 5.11. The van der Waals surface area contributed by atoms with Crippen molar-refractivity contribution in [3.8, 4) is 0 Å². The SMILES string of the molecule is CC1N(Cc2cccn2C)C=CN1Cc1cccn1C. The number of aryl methyl sites for hydroxylation is 2. The first-order valence-electron chi connectivity index (χ1n) is 7.05. The molecule has 0 fully saturated rings. The number of hydrogen-bond acceptors (Lipinski definition) is 2. The Labute approximate surface area is 120 Å². The molecule has 0 radical (unpaired) electrons. The second kappa shape index (κ2) is 5.12. The van der Waals surface area contributed by atoms with Crippen molar-refractivity contribution in [3.63, 3.8) is 0 Å². The highest BCUT2D eigenvalue weighted by atomic mass is 15.4. The minimum Gasteiger partial charge on any atom is -0.353 e. The average Bonchev–Trinajstić information content (AvgIpc) is 3.09. The van der Waals surface area contributed by atoms with Crippen LogP contribution in [0.1, 0.15) is 18.3 Å². The summed E-state index contributed by atoms with van der Waals surface area (Å²) in [5, 5.41) is 0. The van der Waals surface area contributed by atoms with Crippen LogP contribution in [0.3, 0.4) is 0 Å². The molecule has 3 heterocycles. The number of nitrogens with zero attached hydrogens (tertiary/aromatic N) is 4. The molecule has 0 saturated heterocycles. The number of aromatic nitrogens is 2. The van der Waals surface area contributed by atoms with E-state index in [1.807, 2.05) is 0 Å². The minimum atomic E-state index is 0.389. The Morgan fingerprint density at radius 2 is 1.30 bits per heavy atom. The predicted molar refractivity (Wildman–Crippen MR) is 80.5 cm³/mol. The summed E-state index contributed by atoms with van der Waals surface area (Å²) in [4.78, 5) is 4.75. The third-order valence-corrected chi connectivity index (χ3v) is 4.20. The number of hydrogen-bond donors (Lipinski definition) is 0. The Kier molecular flexibility index (Phi) is 3.30. The zero-order valence-electron chi connectivity index (χ0n) is 12.4. The van der Waals surface area contributed by atoms with E-state index in [-0.39, 0.29) is 0 Å². The van der Waals surface area contributed by atoms with Crippen molar-refractivity contribution in [2.45, 2.75) is 26.2 Å². The lowest BCUT2D eigenvalue weighted by Gasteiger charge is -2.30. The van der Waals surface area contributed by atoms with Gasteiger partial charge in [0.2, 0.25) is 0 Å². The third-order valence-electron chi connectivity index (χ3n) is 4.20. The van der Waals surface area contributed by atoms with Crippen molar-refractivity contribution in [1.82, 2.24) is 18.9 Å². The number of rotatable bonds is 4. The molecule has 0 aliphatic carbocycles. The molecule has 106 valence electrons. The molecule has 4 nitrogen and oxygen atoms in total. The molecule has 1 aliphatic heterocycles. The fourth-order valence-electron chi connectivity index (χ4n) is 2.68. The van der Waals surface area contributed by atoms with Gasteiger partial charge in [-0.1, -0.05) is 0 Å². The molecule has 0 saturated carbocycles. The summed E-state index contributed by atoms with van der Waals surface area (Å²) < 4.78 is 4.36. The van der Waals surface area contributed by atoms with E-state index >= 15 is 0 Å². The van der Waals surface area contributed by atoms with Gasteiger partial charge in [-0.05, 0) is 31.2 Å². The van der Waals surface area contributed by atoms with Crippen LogP contribution in [-0.2, 0) is 27.2 Å². The van der Waals surface area contributed by atoms with Crippen molar-refractivity contribution in [1.29, 1.82) is 0 Å². The molecule has 2 aromatic heterocycles. The van der Waals surface area contributed by atoms with Gasteiger partial charge in [-0.15, -0.1) is 0 Å². The lowest BCUT2D eigenvalue weighted by Crippen LogP contribution is -2.35. The van der Waals surface area contributed by atoms with Crippen LogP contribution in [0.4, 0.5) is 0 Å². The third kappa shape index (κ3) is 2.33. The molecular formula is C16H22N4. The standard InChI is InChI=1S/C16H22N4/c1-14-19(12-15-6-4-8-17(15)2)10-11-20(14)13-16-7-5-9-18(16)3/h4-11,14H,12-13H2,1-3H3. The zero-order valence-corrected chi connectivity index (χ0v) is 12.4. The normalized spacial score (nSPS) is 15.6. The van der Waals surface area contributed by atoms with Crippen molar-refractivity contribution in [2.75, 3.05) is 0 Å². The van der Waals surface area contributed by atoms with Gasteiger partial charge in [-0.2, -0.15) is 0 Å². The Balaban J connectivity index is 1.66. The zero-order chi connectivity index (χ0) is 14.1. The average molecular weight is 270 g/mol. The minimum absolute atomic E-state index is 0.389. The van der Waals surface area contributed by atoms with Crippen molar-refractivity contribution in [3.05, 3.63) is 60.4 Å². The second-order valence-corrected chi connectivity index (χ2v) is 5.50. The summed E-state index contributed by atoms with van der Waals surface area (Å²) >= 11 is 0. The maximum absolute atomic E-state index is 2.37. The van der Waals surface area contributed by atoms with Crippen LogP contribution in [-0.4, -0.2) is 25.1 Å². The topological polar surface area (TPSA) is 16.3 Å². The van der Waals surface area contributed by atoms with Crippen LogP contribution in [0.15, 0.2) is 49.1 Å². The van der Waals surface area contributed by atoms with Gasteiger partial charge in [-0.3, -0.25) is 0 Å². The van der Waals surface area contributed by atoms with E-state index in [9.17, 15) is 0 Å². The van der Waals surface area contributed by atoms with Crippen molar-refractivity contribution < 1.29 is 0 Å². The Morgan fingerprint density at radius 3 is 1.65 bits per heavy atom. The summed E-state index contributed by atoms with van der Waals surface area (Å²) in [6.07, 6.45) is 8.98. The van der Waals surface area contributed by atoms with Crippen molar-refractivity contribution >= 4 is 0 Å². The van der Waals surface area contributed by atoms with E-state index in [2.05, 4.69) is 89.0 Å². The van der Waals surface area contributed by atoms with Gasteiger partial charge in [-0.25, -0.2) is 0 Å². The molecule has 0 aromatic carbocycles. The van der Waals surface area contributed by atoms with Crippen LogP contribution in [0, 0.1) is 0 Å². The van der Waals surface area contributed by atoms with Gasteiger partial charge in [0, 0.05) is 50.3 Å². The van der Waals surface area contributed by atoms with E-state index in [0.29, 0.717) is 6.17 Å². The van der Waals surface area contributed by atoms with Crippen LogP contribution in [0.25, 0.3) is 0 Å². The molecule has 0 unspecified atom stereocenters. The Morgan fingerprint density at radius 1 is 0.850 bits per heavy atom. The highest BCUT2D eigenvalue weighted by Gasteiger charge is 2.22. The quantitative estimate of drug-likeness (QED) is 0.848. The van der Waals surface area contributed by atoms with Crippen LogP contribution < -0.4 is 0 Å². The van der Waals surface area contributed by atoms with Gasteiger partial charge in [0.1, 0.15) is 0 Å². The molecule has 2 aromatic rings. The molecule has 0 N–H and O–H groups in total. The lowest BCUT2D eigenvalue weighted by molar-refractivity contribution is 0.155. The molecule has 3 rings (SSSR count). The Hall–Kier alpha value is -2.10. The molecule has 0 bridgehead atoms. The molecule has 0 amide bonds. The van der Waals surface area contributed by atoms with Gasteiger partial charge >= 0.3 is 0 Å². The molecule has 20 heavy (non-hydrogen) atoms. The van der Waals surface area contributed by atoms with Gasteiger partial charge < -0.3 is 18.9 Å². The first-order chi connectivity index (χ1) is 9.65. The maximum Gasteiger partial charge on any atom is 0.0985 e. The lowest BCUT2D eigenvalue weighted by atomic mass is 10.3. The van der Waals surface area contributed by atoms with Gasteiger partial charge in [0.15, 0.2) is 0 Å². The predicted octanol–water partition coefficient (Wildman–Crippen LogP) is 2.50.